The average Bonchev–Trinajstić information content (AvgIpc) is 2.71. The van der Waals surface area contributed by atoms with Gasteiger partial charge in [-0.15, -0.1) is 0 Å². The predicted molar refractivity (Wildman–Crippen MR) is 75.5 cm³/mol. The van der Waals surface area contributed by atoms with Crippen molar-refractivity contribution in [2.45, 2.75) is 18.3 Å². The summed E-state index contributed by atoms with van der Waals surface area (Å²) in [4.78, 5) is 15.9. The molecule has 2 atom stereocenters. The van der Waals surface area contributed by atoms with Gasteiger partial charge in [0.15, 0.2) is 0 Å². The molecule has 0 bridgehead atoms. The first-order valence-corrected chi connectivity index (χ1v) is 6.92. The first-order chi connectivity index (χ1) is 8.80. The number of ether oxygens (including phenoxy) is 1. The van der Waals surface area contributed by atoms with Crippen molar-refractivity contribution in [1.82, 2.24) is 4.90 Å². The maximum atomic E-state index is 11.0. The van der Waals surface area contributed by atoms with Crippen LogP contribution in [0, 0.1) is 22.0 Å². The second-order valence-electron chi connectivity index (χ2n) is 4.75. The van der Waals surface area contributed by atoms with E-state index in [1.165, 1.54) is 0 Å². The van der Waals surface area contributed by atoms with Crippen LogP contribution in [0.4, 0.5) is 0 Å². The maximum absolute atomic E-state index is 11.0. The quantitative estimate of drug-likeness (QED) is 0.194. The van der Waals surface area contributed by atoms with Gasteiger partial charge in [-0.2, -0.15) is 0 Å². The van der Waals surface area contributed by atoms with Gasteiger partial charge in [0.05, 0.1) is 11.5 Å². The molecule has 0 aromatic heterocycles. The summed E-state index contributed by atoms with van der Waals surface area (Å²) < 4.78 is 3.16. The van der Waals surface area contributed by atoms with Crippen molar-refractivity contribution in [1.29, 1.82) is 0 Å². The second-order valence-corrected chi connectivity index (χ2v) is 6.04. The highest BCUT2D eigenvalue weighted by molar-refractivity contribution is 6.57. The number of rotatable bonds is 5. The Kier molecular flexibility index (Phi) is 5.82. The zero-order chi connectivity index (χ0) is 14.6. The van der Waals surface area contributed by atoms with Crippen molar-refractivity contribution >= 4 is 29.0 Å². The van der Waals surface area contributed by atoms with E-state index in [2.05, 4.69) is 11.9 Å². The molecule has 6 nitrogen and oxygen atoms in total. The lowest BCUT2D eigenvalue weighted by atomic mass is 9.98. The van der Waals surface area contributed by atoms with E-state index in [0.717, 1.165) is 0 Å². The number of aliphatic imine (C=N–C) groups is 1. The van der Waals surface area contributed by atoms with E-state index in [9.17, 15) is 10.1 Å². The van der Waals surface area contributed by atoms with Gasteiger partial charge in [-0.3, -0.25) is 15.1 Å². The minimum atomic E-state index is -2.21. The molecule has 0 aliphatic carbocycles. The third-order valence-corrected chi connectivity index (χ3v) is 3.81. The van der Waals surface area contributed by atoms with Crippen LogP contribution in [0.15, 0.2) is 4.99 Å². The van der Waals surface area contributed by atoms with E-state index in [4.69, 9.17) is 27.9 Å². The fourth-order valence-electron chi connectivity index (χ4n) is 2.05. The highest BCUT2D eigenvalue weighted by Crippen LogP contribution is 2.27. The van der Waals surface area contributed by atoms with E-state index < -0.39 is 9.38 Å². The van der Waals surface area contributed by atoms with Crippen molar-refractivity contribution < 1.29 is 9.66 Å². The second kappa shape index (κ2) is 6.72. The Bertz CT molecular complexity index is 363. The third kappa shape index (κ3) is 3.94. The summed E-state index contributed by atoms with van der Waals surface area (Å²) in [7, 11) is 1.71. The molecule has 2 unspecified atom stereocenters. The van der Waals surface area contributed by atoms with Crippen LogP contribution in [0.3, 0.4) is 0 Å². The van der Waals surface area contributed by atoms with Gasteiger partial charge in [-0.25, -0.2) is 0 Å². The van der Waals surface area contributed by atoms with Crippen molar-refractivity contribution in [2.24, 2.45) is 16.8 Å². The van der Waals surface area contributed by atoms with E-state index in [1.54, 1.807) is 18.9 Å². The van der Waals surface area contributed by atoms with Gasteiger partial charge < -0.3 is 9.64 Å². The minimum Gasteiger partial charge on any atom is -0.381 e. The molecule has 1 aliphatic rings. The van der Waals surface area contributed by atoms with Crippen molar-refractivity contribution in [3.8, 4) is 0 Å². The van der Waals surface area contributed by atoms with Crippen molar-refractivity contribution in [3.63, 3.8) is 0 Å². The van der Waals surface area contributed by atoms with Crippen LogP contribution in [-0.4, -0.2) is 53.5 Å². The molecular weight excluding hydrogens is 293 g/mol. The van der Waals surface area contributed by atoms with E-state index in [0.29, 0.717) is 38.1 Å². The average molecular weight is 312 g/mol. The molecule has 0 amide bonds. The number of hydrogen-bond donors (Lipinski definition) is 0. The Balaban J connectivity index is 2.82. The molecule has 1 saturated heterocycles. The van der Waals surface area contributed by atoms with Gasteiger partial charge in [-0.1, -0.05) is 6.92 Å². The van der Waals surface area contributed by atoms with Crippen LogP contribution in [0.5, 0.6) is 0 Å². The van der Waals surface area contributed by atoms with Gasteiger partial charge in [0.2, 0.25) is 5.84 Å². The van der Waals surface area contributed by atoms with Crippen LogP contribution in [0.1, 0.15) is 13.8 Å². The topological polar surface area (TPSA) is 68.0 Å². The minimum absolute atomic E-state index is 0.0717. The summed E-state index contributed by atoms with van der Waals surface area (Å²) >= 11 is 11.6. The number of nitrogens with zero attached hydrogens (tertiary/aromatic N) is 3. The molecular formula is C11H19Cl2N3O3. The first-order valence-electron chi connectivity index (χ1n) is 6.16. The highest BCUT2D eigenvalue weighted by atomic mass is 35.5. The summed E-state index contributed by atoms with van der Waals surface area (Å²) in [6.07, 6.45) is 0. The van der Waals surface area contributed by atoms with Crippen molar-refractivity contribution in [3.05, 3.63) is 10.1 Å². The molecule has 0 spiro atoms. The monoisotopic (exact) mass is 311 g/mol. The lowest BCUT2D eigenvalue weighted by Crippen LogP contribution is -2.47. The summed E-state index contributed by atoms with van der Waals surface area (Å²) in [5, 5.41) is 11.0. The number of hydrogen-bond acceptors (Lipinski definition) is 4. The molecule has 1 aliphatic heterocycles. The summed E-state index contributed by atoms with van der Waals surface area (Å²) in [6, 6.07) is 0. The van der Waals surface area contributed by atoms with Crippen LogP contribution in [0.2, 0.25) is 0 Å². The summed E-state index contributed by atoms with van der Waals surface area (Å²) in [5.74, 6) is 0.770. The lowest BCUT2D eigenvalue weighted by molar-refractivity contribution is -0.497. The Morgan fingerprint density at radius 2 is 2.21 bits per heavy atom. The van der Waals surface area contributed by atoms with Gasteiger partial charge in [0.25, 0.3) is 0 Å². The fraction of sp³-hybridized carbons (Fsp3) is 0.909. The molecule has 110 valence electrons. The molecule has 0 radical (unpaired) electrons. The van der Waals surface area contributed by atoms with Crippen LogP contribution >= 0.6 is 23.2 Å². The van der Waals surface area contributed by atoms with Gasteiger partial charge in [0.1, 0.15) is 0 Å². The zero-order valence-electron chi connectivity index (χ0n) is 11.3. The SMILES string of the molecule is CCN=C(N(C)CC1COCC1C)C(Cl)(Cl)[N+](=O)[O-]. The van der Waals surface area contributed by atoms with E-state index in [1.807, 2.05) is 0 Å². The van der Waals surface area contributed by atoms with E-state index >= 15 is 0 Å². The van der Waals surface area contributed by atoms with Crippen molar-refractivity contribution in [2.75, 3.05) is 33.4 Å². The van der Waals surface area contributed by atoms with Crippen LogP contribution in [0.25, 0.3) is 0 Å². The molecule has 0 aromatic carbocycles. The molecule has 0 N–H and O–H groups in total. The number of amidine groups is 1. The molecule has 0 aromatic rings. The number of halogens is 2. The smallest absolute Gasteiger partial charge is 0.381 e. The fourth-order valence-corrected chi connectivity index (χ4v) is 2.46. The number of nitro groups is 1. The molecule has 19 heavy (non-hydrogen) atoms. The van der Waals surface area contributed by atoms with Gasteiger partial charge >= 0.3 is 4.46 Å². The molecule has 1 fully saturated rings. The normalized spacial score (nSPS) is 24.6. The molecule has 1 heterocycles. The number of likely N-dealkylation sites (N-methyl/N-ethyl adjacent to an activating group) is 1. The predicted octanol–water partition coefficient (Wildman–Crippen LogP) is 2.03. The van der Waals surface area contributed by atoms with Gasteiger partial charge in [-0.05, 0) is 36.0 Å². The summed E-state index contributed by atoms with van der Waals surface area (Å²) in [5.41, 5.74) is 0. The highest BCUT2D eigenvalue weighted by Gasteiger charge is 2.47. The van der Waals surface area contributed by atoms with Gasteiger partial charge in [0, 0.05) is 32.7 Å². The standard InChI is InChI=1S/C11H19Cl2N3O3/c1-4-14-10(11(12,13)16(17)18)15(3)5-9-7-19-6-8(9)2/h8-9H,4-7H2,1-3H3. The Hall–Kier alpha value is -0.590. The van der Waals surface area contributed by atoms with Crippen LogP contribution in [-0.2, 0) is 4.74 Å². The lowest BCUT2D eigenvalue weighted by Gasteiger charge is -2.27. The number of alkyl halides is 2. The zero-order valence-corrected chi connectivity index (χ0v) is 12.8. The van der Waals surface area contributed by atoms with E-state index in [-0.39, 0.29) is 5.84 Å². The molecule has 1 rings (SSSR count). The largest absolute Gasteiger partial charge is 0.428 e. The third-order valence-electron chi connectivity index (χ3n) is 3.19. The molecule has 8 heteroatoms. The Labute approximate surface area is 122 Å². The first kappa shape index (κ1) is 16.5. The Morgan fingerprint density at radius 1 is 1.58 bits per heavy atom. The summed E-state index contributed by atoms with van der Waals surface area (Å²) in [6.45, 7) is 6.17. The molecule has 0 saturated carbocycles. The maximum Gasteiger partial charge on any atom is 0.428 e. The Morgan fingerprint density at radius 3 is 2.63 bits per heavy atom. The van der Waals surface area contributed by atoms with Crippen LogP contribution < -0.4 is 0 Å².